The predicted octanol–water partition coefficient (Wildman–Crippen LogP) is 5.03. The number of aromatic nitrogens is 2. The number of hydrogen-bond donors (Lipinski definition) is 1. The SMILES string of the molecule is CCCOc1ccc(/C=C/C(=O)Nc2nnc(C3CCCCC3)s2)cc1. The molecule has 0 atom stereocenters. The molecule has 1 saturated carbocycles. The van der Waals surface area contributed by atoms with Crippen LogP contribution in [-0.4, -0.2) is 22.7 Å². The summed E-state index contributed by atoms with van der Waals surface area (Å²) in [4.78, 5) is 12.1. The molecule has 1 aromatic carbocycles. The fraction of sp³-hybridized carbons (Fsp3) is 0.450. The van der Waals surface area contributed by atoms with Crippen LogP contribution < -0.4 is 10.1 Å². The molecule has 0 bridgehead atoms. The molecule has 1 fully saturated rings. The van der Waals surface area contributed by atoms with Crippen LogP contribution in [0.15, 0.2) is 30.3 Å². The van der Waals surface area contributed by atoms with Gasteiger partial charge in [-0.05, 0) is 43.0 Å². The minimum absolute atomic E-state index is 0.192. The lowest BCUT2D eigenvalue weighted by Gasteiger charge is -2.18. The quantitative estimate of drug-likeness (QED) is 0.694. The highest BCUT2D eigenvalue weighted by atomic mass is 32.1. The predicted molar refractivity (Wildman–Crippen MR) is 106 cm³/mol. The third-order valence-electron chi connectivity index (χ3n) is 4.41. The summed E-state index contributed by atoms with van der Waals surface area (Å²) in [6, 6.07) is 7.69. The largest absolute Gasteiger partial charge is 0.494 e. The van der Waals surface area contributed by atoms with Crippen molar-refractivity contribution in [1.29, 1.82) is 0 Å². The number of carbonyl (C=O) groups excluding carboxylic acids is 1. The van der Waals surface area contributed by atoms with Crippen LogP contribution in [0.1, 0.15) is 61.9 Å². The molecule has 1 aliphatic carbocycles. The van der Waals surface area contributed by atoms with E-state index in [2.05, 4.69) is 22.4 Å². The fourth-order valence-corrected chi connectivity index (χ4v) is 3.93. The molecule has 0 aliphatic heterocycles. The van der Waals surface area contributed by atoms with Gasteiger partial charge in [-0.3, -0.25) is 10.1 Å². The van der Waals surface area contributed by atoms with Crippen LogP contribution in [0.4, 0.5) is 5.13 Å². The van der Waals surface area contributed by atoms with E-state index in [9.17, 15) is 4.79 Å². The number of amides is 1. The second kappa shape index (κ2) is 9.48. The van der Waals surface area contributed by atoms with Crippen molar-refractivity contribution >= 4 is 28.5 Å². The summed E-state index contributed by atoms with van der Waals surface area (Å²) in [7, 11) is 0. The van der Waals surface area contributed by atoms with Crippen LogP contribution in [0.5, 0.6) is 5.75 Å². The van der Waals surface area contributed by atoms with E-state index in [1.165, 1.54) is 49.5 Å². The van der Waals surface area contributed by atoms with Gasteiger partial charge in [-0.15, -0.1) is 10.2 Å². The third kappa shape index (κ3) is 5.39. The van der Waals surface area contributed by atoms with Gasteiger partial charge in [-0.25, -0.2) is 0 Å². The Morgan fingerprint density at radius 1 is 1.23 bits per heavy atom. The molecule has 1 heterocycles. The molecule has 0 unspecified atom stereocenters. The maximum absolute atomic E-state index is 12.1. The lowest BCUT2D eigenvalue weighted by Crippen LogP contribution is -2.07. The first-order valence-corrected chi connectivity index (χ1v) is 10.1. The summed E-state index contributed by atoms with van der Waals surface area (Å²) in [6.07, 6.45) is 10.5. The summed E-state index contributed by atoms with van der Waals surface area (Å²) in [6.45, 7) is 2.79. The minimum atomic E-state index is -0.192. The van der Waals surface area contributed by atoms with Crippen molar-refractivity contribution < 1.29 is 9.53 Å². The standard InChI is InChI=1S/C20H25N3O2S/c1-2-14-25-17-11-8-15(9-12-17)10-13-18(24)21-20-23-22-19(26-20)16-6-4-3-5-7-16/h8-13,16H,2-7,14H2,1H3,(H,21,23,24)/b13-10+. The molecule has 138 valence electrons. The van der Waals surface area contributed by atoms with Crippen LogP contribution in [0.25, 0.3) is 6.08 Å². The van der Waals surface area contributed by atoms with E-state index in [4.69, 9.17) is 4.74 Å². The molecule has 6 heteroatoms. The van der Waals surface area contributed by atoms with Gasteiger partial charge in [-0.1, -0.05) is 49.7 Å². The second-order valence-corrected chi connectivity index (χ2v) is 7.53. The Bertz CT molecular complexity index is 734. The molecule has 1 N–H and O–H groups in total. The maximum Gasteiger partial charge on any atom is 0.250 e. The highest BCUT2D eigenvalue weighted by molar-refractivity contribution is 7.15. The van der Waals surface area contributed by atoms with Crippen LogP contribution >= 0.6 is 11.3 Å². The molecule has 1 aromatic heterocycles. The molecule has 3 rings (SSSR count). The number of nitrogens with one attached hydrogen (secondary N) is 1. The Morgan fingerprint density at radius 2 is 2.00 bits per heavy atom. The number of rotatable bonds is 7. The third-order valence-corrected chi connectivity index (χ3v) is 5.41. The van der Waals surface area contributed by atoms with Gasteiger partial charge in [-0.2, -0.15) is 0 Å². The molecule has 0 radical (unpaired) electrons. The molecule has 5 nitrogen and oxygen atoms in total. The number of ether oxygens (including phenoxy) is 1. The summed E-state index contributed by atoms with van der Waals surface area (Å²) in [5, 5.41) is 12.8. The fourth-order valence-electron chi connectivity index (χ4n) is 3.01. The number of hydrogen-bond acceptors (Lipinski definition) is 5. The monoisotopic (exact) mass is 371 g/mol. The van der Waals surface area contributed by atoms with E-state index in [1.807, 2.05) is 24.3 Å². The summed E-state index contributed by atoms with van der Waals surface area (Å²) in [5.41, 5.74) is 0.948. The van der Waals surface area contributed by atoms with Crippen molar-refractivity contribution in [3.05, 3.63) is 40.9 Å². The van der Waals surface area contributed by atoms with Crippen molar-refractivity contribution in [3.63, 3.8) is 0 Å². The van der Waals surface area contributed by atoms with Gasteiger partial charge in [0.15, 0.2) is 0 Å². The van der Waals surface area contributed by atoms with Gasteiger partial charge < -0.3 is 4.74 Å². The van der Waals surface area contributed by atoms with Crippen LogP contribution in [0.2, 0.25) is 0 Å². The lowest BCUT2D eigenvalue weighted by atomic mass is 9.90. The van der Waals surface area contributed by atoms with Gasteiger partial charge >= 0.3 is 0 Å². The molecule has 1 aliphatic rings. The zero-order chi connectivity index (χ0) is 18.2. The number of nitrogens with zero attached hydrogens (tertiary/aromatic N) is 2. The Balaban J connectivity index is 1.51. The highest BCUT2D eigenvalue weighted by Crippen LogP contribution is 2.35. The maximum atomic E-state index is 12.1. The van der Waals surface area contributed by atoms with E-state index < -0.39 is 0 Å². The van der Waals surface area contributed by atoms with Crippen molar-refractivity contribution in [3.8, 4) is 5.75 Å². The first kappa shape index (κ1) is 18.6. The van der Waals surface area contributed by atoms with Gasteiger partial charge in [0.1, 0.15) is 10.8 Å². The van der Waals surface area contributed by atoms with E-state index in [0.717, 1.165) is 22.7 Å². The normalized spacial score (nSPS) is 15.3. The Hall–Kier alpha value is -2.21. The second-order valence-electron chi connectivity index (χ2n) is 6.52. The molecular weight excluding hydrogens is 346 g/mol. The smallest absolute Gasteiger partial charge is 0.250 e. The molecule has 2 aromatic rings. The van der Waals surface area contributed by atoms with E-state index in [0.29, 0.717) is 17.7 Å². The molecule has 0 saturated heterocycles. The Labute approximate surface area is 158 Å². The lowest BCUT2D eigenvalue weighted by molar-refractivity contribution is -0.111. The average Bonchev–Trinajstić information content (AvgIpc) is 3.14. The van der Waals surface area contributed by atoms with Gasteiger partial charge in [0.05, 0.1) is 6.61 Å². The van der Waals surface area contributed by atoms with Gasteiger partial charge in [0.25, 0.3) is 0 Å². The Morgan fingerprint density at radius 3 is 2.73 bits per heavy atom. The average molecular weight is 372 g/mol. The van der Waals surface area contributed by atoms with Crippen LogP contribution in [0.3, 0.4) is 0 Å². The summed E-state index contributed by atoms with van der Waals surface area (Å²) in [5.74, 6) is 1.16. The topological polar surface area (TPSA) is 64.1 Å². The number of anilines is 1. The summed E-state index contributed by atoms with van der Waals surface area (Å²) < 4.78 is 5.55. The molecule has 26 heavy (non-hydrogen) atoms. The van der Waals surface area contributed by atoms with Crippen LogP contribution in [-0.2, 0) is 4.79 Å². The van der Waals surface area contributed by atoms with E-state index in [1.54, 1.807) is 6.08 Å². The zero-order valence-corrected chi connectivity index (χ0v) is 15.9. The first-order chi connectivity index (χ1) is 12.7. The van der Waals surface area contributed by atoms with Crippen LogP contribution in [0, 0.1) is 0 Å². The van der Waals surface area contributed by atoms with Crippen molar-refractivity contribution in [1.82, 2.24) is 10.2 Å². The van der Waals surface area contributed by atoms with E-state index in [-0.39, 0.29) is 5.91 Å². The Kier molecular flexibility index (Phi) is 6.77. The highest BCUT2D eigenvalue weighted by Gasteiger charge is 2.19. The molecular formula is C20H25N3O2S. The van der Waals surface area contributed by atoms with Gasteiger partial charge in [0.2, 0.25) is 11.0 Å². The molecule has 1 amide bonds. The van der Waals surface area contributed by atoms with Crippen molar-refractivity contribution in [2.24, 2.45) is 0 Å². The van der Waals surface area contributed by atoms with E-state index >= 15 is 0 Å². The number of carbonyl (C=O) groups is 1. The van der Waals surface area contributed by atoms with Crippen molar-refractivity contribution in [2.75, 3.05) is 11.9 Å². The molecule has 0 spiro atoms. The zero-order valence-electron chi connectivity index (χ0n) is 15.1. The first-order valence-electron chi connectivity index (χ1n) is 9.30. The summed E-state index contributed by atoms with van der Waals surface area (Å²) >= 11 is 1.49. The number of benzene rings is 1. The van der Waals surface area contributed by atoms with Gasteiger partial charge in [0, 0.05) is 12.0 Å². The van der Waals surface area contributed by atoms with Crippen molar-refractivity contribution in [2.45, 2.75) is 51.4 Å². The minimum Gasteiger partial charge on any atom is -0.494 e.